The van der Waals surface area contributed by atoms with Crippen LogP contribution in [0.15, 0.2) is 47.5 Å². The number of nitrogens with zero attached hydrogens (tertiary/aromatic N) is 1. The van der Waals surface area contributed by atoms with Crippen molar-refractivity contribution in [1.82, 2.24) is 4.98 Å². The van der Waals surface area contributed by atoms with Gasteiger partial charge in [-0.25, -0.2) is 8.42 Å². The molecule has 2 aromatic carbocycles. The number of hydrogen-bond donors (Lipinski definition) is 3. The van der Waals surface area contributed by atoms with E-state index in [1.807, 2.05) is 6.92 Å². The fourth-order valence-electron chi connectivity index (χ4n) is 2.67. The molecule has 0 spiro atoms. The Hall–Kier alpha value is -3.26. The normalized spacial score (nSPS) is 10.8. The molecule has 0 atom stereocenters. The molecule has 130 valence electrons. The summed E-state index contributed by atoms with van der Waals surface area (Å²) < 4.78 is 28.0. The van der Waals surface area contributed by atoms with Crippen LogP contribution in [0.5, 0.6) is 0 Å². The van der Waals surface area contributed by atoms with E-state index in [1.165, 1.54) is 12.1 Å². The molecule has 7 heteroatoms. The number of H-pyrrole nitrogens is 1. The van der Waals surface area contributed by atoms with Gasteiger partial charge in [0.05, 0.1) is 28.2 Å². The molecule has 1 heterocycles. The summed E-state index contributed by atoms with van der Waals surface area (Å²) in [6.07, 6.45) is 1.57. The minimum absolute atomic E-state index is 0.122. The Morgan fingerprint density at radius 3 is 2.58 bits per heavy atom. The Morgan fingerprint density at radius 1 is 1.19 bits per heavy atom. The second-order valence-electron chi connectivity index (χ2n) is 5.63. The molecule has 0 fully saturated rings. The van der Waals surface area contributed by atoms with E-state index in [1.54, 1.807) is 30.5 Å². The third kappa shape index (κ3) is 3.27. The van der Waals surface area contributed by atoms with Crippen LogP contribution in [0, 0.1) is 30.1 Å². The van der Waals surface area contributed by atoms with E-state index in [2.05, 4.69) is 27.6 Å². The smallest absolute Gasteiger partial charge is 0.261 e. The van der Waals surface area contributed by atoms with Crippen molar-refractivity contribution in [2.45, 2.75) is 11.8 Å². The predicted octanol–water partition coefficient (Wildman–Crippen LogP) is 2.46. The van der Waals surface area contributed by atoms with Gasteiger partial charge in [-0.05, 0) is 42.8 Å². The van der Waals surface area contributed by atoms with E-state index in [9.17, 15) is 13.7 Å². The first kappa shape index (κ1) is 17.6. The zero-order valence-electron chi connectivity index (χ0n) is 14.0. The second-order valence-corrected chi connectivity index (χ2v) is 7.31. The fraction of sp³-hybridized carbons (Fsp3) is 0.105. The second kappa shape index (κ2) is 6.93. The van der Waals surface area contributed by atoms with Crippen LogP contribution in [-0.2, 0) is 10.0 Å². The summed E-state index contributed by atoms with van der Waals surface area (Å²) in [7, 11) is -3.78. The van der Waals surface area contributed by atoms with Gasteiger partial charge in [0, 0.05) is 17.1 Å². The molecule has 0 unspecified atom stereocenters. The average molecular weight is 364 g/mol. The van der Waals surface area contributed by atoms with E-state index in [-0.39, 0.29) is 11.4 Å². The maximum absolute atomic E-state index is 12.7. The molecule has 0 bridgehead atoms. The Bertz CT molecular complexity index is 1170. The number of aryl methyl sites for hydroxylation is 1. The number of rotatable bonds is 3. The topological polar surface area (TPSA) is 112 Å². The molecule has 6 nitrogen and oxygen atoms in total. The first-order valence-corrected chi connectivity index (χ1v) is 9.27. The van der Waals surface area contributed by atoms with E-state index in [4.69, 9.17) is 5.73 Å². The Morgan fingerprint density at radius 2 is 1.92 bits per heavy atom. The quantitative estimate of drug-likeness (QED) is 0.620. The highest BCUT2D eigenvalue weighted by molar-refractivity contribution is 7.92. The van der Waals surface area contributed by atoms with E-state index in [0.29, 0.717) is 27.7 Å². The lowest BCUT2D eigenvalue weighted by Gasteiger charge is -2.10. The van der Waals surface area contributed by atoms with Crippen molar-refractivity contribution < 1.29 is 8.42 Å². The van der Waals surface area contributed by atoms with E-state index in [0.717, 1.165) is 5.56 Å². The summed E-state index contributed by atoms with van der Waals surface area (Å²) >= 11 is 0. The van der Waals surface area contributed by atoms with Crippen LogP contribution < -0.4 is 10.5 Å². The minimum Gasteiger partial charge on any atom is -0.358 e. The Labute approximate surface area is 151 Å². The summed E-state index contributed by atoms with van der Waals surface area (Å²) in [4.78, 5) is 3.10. The van der Waals surface area contributed by atoms with Gasteiger partial charge in [-0.2, -0.15) is 5.26 Å². The lowest BCUT2D eigenvalue weighted by molar-refractivity contribution is 0.601. The van der Waals surface area contributed by atoms with Crippen molar-refractivity contribution in [2.75, 3.05) is 11.3 Å². The molecule has 1 aromatic heterocycles. The molecule has 0 amide bonds. The van der Waals surface area contributed by atoms with Gasteiger partial charge in [0.1, 0.15) is 6.07 Å². The molecule has 0 radical (unpaired) electrons. The van der Waals surface area contributed by atoms with Crippen LogP contribution in [0.1, 0.15) is 16.7 Å². The summed E-state index contributed by atoms with van der Waals surface area (Å²) in [6, 6.07) is 11.8. The van der Waals surface area contributed by atoms with Gasteiger partial charge in [-0.15, -0.1) is 0 Å². The molecule has 3 rings (SSSR count). The summed E-state index contributed by atoms with van der Waals surface area (Å²) in [5.41, 5.74) is 8.35. The fourth-order valence-corrected chi connectivity index (χ4v) is 3.74. The summed E-state index contributed by atoms with van der Waals surface area (Å²) in [6.45, 7) is 2.11. The number of benzene rings is 2. The number of sulfonamides is 1. The number of nitrogens with two attached hydrogens (primary N) is 1. The molecule has 0 aliphatic carbocycles. The lowest BCUT2D eigenvalue weighted by Crippen LogP contribution is -2.13. The first-order chi connectivity index (χ1) is 12.5. The number of hydrogen-bond acceptors (Lipinski definition) is 4. The monoisotopic (exact) mass is 364 g/mol. The van der Waals surface area contributed by atoms with Gasteiger partial charge >= 0.3 is 0 Å². The number of nitrogens with one attached hydrogen (secondary N) is 2. The molecule has 0 saturated heterocycles. The van der Waals surface area contributed by atoms with Gasteiger partial charge in [0.2, 0.25) is 0 Å². The van der Waals surface area contributed by atoms with E-state index >= 15 is 0 Å². The van der Waals surface area contributed by atoms with Gasteiger partial charge in [0.15, 0.2) is 0 Å². The molecule has 4 N–H and O–H groups in total. The van der Waals surface area contributed by atoms with Crippen LogP contribution in [0.4, 0.5) is 5.69 Å². The molecular weight excluding hydrogens is 348 g/mol. The van der Waals surface area contributed by atoms with Crippen LogP contribution in [0.25, 0.3) is 10.9 Å². The first-order valence-electron chi connectivity index (χ1n) is 7.79. The number of anilines is 1. The van der Waals surface area contributed by atoms with Crippen LogP contribution >= 0.6 is 0 Å². The number of aromatic amines is 1. The van der Waals surface area contributed by atoms with Gasteiger partial charge in [-0.3, -0.25) is 4.72 Å². The molecule has 0 aliphatic heterocycles. The van der Waals surface area contributed by atoms with Crippen LogP contribution in [0.2, 0.25) is 0 Å². The van der Waals surface area contributed by atoms with Crippen LogP contribution in [-0.4, -0.2) is 19.9 Å². The van der Waals surface area contributed by atoms with Crippen molar-refractivity contribution in [1.29, 1.82) is 5.26 Å². The van der Waals surface area contributed by atoms with E-state index < -0.39 is 10.0 Å². The molecule has 3 aromatic rings. The zero-order chi connectivity index (χ0) is 18.7. The average Bonchev–Trinajstić information content (AvgIpc) is 3.08. The SMILES string of the molecule is Cc1ccc(NS(=O)(=O)c2ccc(C#CCN)cc2)c2[nH]cc(C#N)c12. The predicted molar refractivity (Wildman–Crippen MR) is 101 cm³/mol. The van der Waals surface area contributed by atoms with Crippen molar-refractivity contribution in [3.05, 3.63) is 59.3 Å². The molecule has 0 aliphatic rings. The molecule has 0 saturated carbocycles. The van der Waals surface area contributed by atoms with Crippen molar-refractivity contribution in [2.24, 2.45) is 5.73 Å². The third-order valence-electron chi connectivity index (χ3n) is 3.91. The number of fused-ring (bicyclic) bond motifs is 1. The van der Waals surface area contributed by atoms with Crippen LogP contribution in [0.3, 0.4) is 0 Å². The number of aromatic nitrogens is 1. The van der Waals surface area contributed by atoms with Crippen molar-refractivity contribution >= 4 is 26.6 Å². The maximum atomic E-state index is 12.7. The van der Waals surface area contributed by atoms with Gasteiger partial charge < -0.3 is 10.7 Å². The Balaban J connectivity index is 1.98. The highest BCUT2D eigenvalue weighted by Crippen LogP contribution is 2.29. The largest absolute Gasteiger partial charge is 0.358 e. The van der Waals surface area contributed by atoms with Crippen molar-refractivity contribution in [3.63, 3.8) is 0 Å². The Kier molecular flexibility index (Phi) is 4.68. The maximum Gasteiger partial charge on any atom is 0.261 e. The third-order valence-corrected chi connectivity index (χ3v) is 5.29. The highest BCUT2D eigenvalue weighted by Gasteiger charge is 2.17. The number of nitriles is 1. The lowest BCUT2D eigenvalue weighted by atomic mass is 10.1. The van der Waals surface area contributed by atoms with Gasteiger partial charge in [0.25, 0.3) is 10.0 Å². The van der Waals surface area contributed by atoms with Gasteiger partial charge in [-0.1, -0.05) is 17.9 Å². The standard InChI is InChI=1S/C19H16N4O2S/c1-13-4-9-17(19-18(13)15(11-21)12-22-19)23-26(24,25)16-7-5-14(6-8-16)3-2-10-20/h4-9,12,22-23H,10,20H2,1H3. The molecule has 26 heavy (non-hydrogen) atoms. The zero-order valence-corrected chi connectivity index (χ0v) is 14.8. The summed E-state index contributed by atoms with van der Waals surface area (Å²) in [5, 5.41) is 9.92. The molecular formula is C19H16N4O2S. The van der Waals surface area contributed by atoms with Crippen molar-refractivity contribution in [3.8, 4) is 17.9 Å². The minimum atomic E-state index is -3.78. The highest BCUT2D eigenvalue weighted by atomic mass is 32.2. The summed E-state index contributed by atoms with van der Waals surface area (Å²) in [5.74, 6) is 5.56.